The molecule has 0 radical (unpaired) electrons. The maximum atomic E-state index is 5.97. The Hall–Kier alpha value is 0.0700. The van der Waals surface area contributed by atoms with Crippen LogP contribution in [0.25, 0.3) is 0 Å². The van der Waals surface area contributed by atoms with Crippen molar-refractivity contribution >= 4 is 35.0 Å². The summed E-state index contributed by atoms with van der Waals surface area (Å²) in [6.45, 7) is 0.561. The third-order valence-electron chi connectivity index (χ3n) is 1.56. The molecule has 5 heteroatoms. The normalized spacial score (nSPS) is 10.5. The van der Waals surface area contributed by atoms with Crippen molar-refractivity contribution in [3.63, 3.8) is 0 Å². The van der Waals surface area contributed by atoms with Gasteiger partial charge < -0.3 is 4.84 Å². The summed E-state index contributed by atoms with van der Waals surface area (Å²) in [5, 5.41) is 1.43. The molecular formula is C9H11Cl2NOS. The Labute approximate surface area is 97.7 Å². The van der Waals surface area contributed by atoms with Crippen molar-refractivity contribution in [2.45, 2.75) is 11.3 Å². The van der Waals surface area contributed by atoms with Crippen molar-refractivity contribution in [3.8, 4) is 0 Å². The summed E-state index contributed by atoms with van der Waals surface area (Å²) in [7, 11) is 0. The average Bonchev–Trinajstić information content (AvgIpc) is 2.18. The van der Waals surface area contributed by atoms with Crippen molar-refractivity contribution < 1.29 is 4.84 Å². The number of halogens is 2. The highest BCUT2D eigenvalue weighted by molar-refractivity contribution is 7.99. The van der Waals surface area contributed by atoms with Crippen LogP contribution in [0, 0.1) is 0 Å². The zero-order valence-electron chi connectivity index (χ0n) is 7.50. The van der Waals surface area contributed by atoms with Crippen LogP contribution in [0.2, 0.25) is 10.0 Å². The predicted octanol–water partition coefficient (Wildman–Crippen LogP) is 3.37. The molecule has 0 saturated heterocycles. The molecule has 78 valence electrons. The van der Waals surface area contributed by atoms with Crippen LogP contribution in [0.1, 0.15) is 6.42 Å². The highest BCUT2D eigenvalue weighted by Crippen LogP contribution is 2.29. The van der Waals surface area contributed by atoms with E-state index < -0.39 is 0 Å². The smallest absolute Gasteiger partial charge is 0.0687 e. The molecule has 1 aromatic carbocycles. The van der Waals surface area contributed by atoms with E-state index >= 15 is 0 Å². The minimum atomic E-state index is 0.561. The molecule has 14 heavy (non-hydrogen) atoms. The van der Waals surface area contributed by atoms with Gasteiger partial charge in [-0.05, 0) is 24.6 Å². The van der Waals surface area contributed by atoms with Gasteiger partial charge in [0.15, 0.2) is 0 Å². The van der Waals surface area contributed by atoms with Gasteiger partial charge in [-0.2, -0.15) is 0 Å². The van der Waals surface area contributed by atoms with E-state index in [-0.39, 0.29) is 0 Å². The number of nitrogens with two attached hydrogens (primary N) is 1. The first-order chi connectivity index (χ1) is 6.74. The van der Waals surface area contributed by atoms with Gasteiger partial charge >= 0.3 is 0 Å². The minimum absolute atomic E-state index is 0.561. The second-order valence-corrected chi connectivity index (χ2v) is 4.63. The van der Waals surface area contributed by atoms with Gasteiger partial charge in [0.1, 0.15) is 0 Å². The maximum absolute atomic E-state index is 5.97. The molecule has 0 amide bonds. The van der Waals surface area contributed by atoms with E-state index in [2.05, 4.69) is 4.84 Å². The second-order valence-electron chi connectivity index (χ2n) is 2.65. The first-order valence-corrected chi connectivity index (χ1v) is 5.87. The van der Waals surface area contributed by atoms with E-state index in [0.717, 1.165) is 22.1 Å². The SMILES string of the molecule is NOCCCSc1cc(Cl)ccc1Cl. The first kappa shape index (κ1) is 12.1. The van der Waals surface area contributed by atoms with E-state index in [4.69, 9.17) is 29.1 Å². The lowest BCUT2D eigenvalue weighted by Gasteiger charge is -2.03. The van der Waals surface area contributed by atoms with Gasteiger partial charge in [0.05, 0.1) is 11.6 Å². The predicted molar refractivity (Wildman–Crippen MR) is 61.9 cm³/mol. The van der Waals surface area contributed by atoms with Gasteiger partial charge in [-0.3, -0.25) is 0 Å². The van der Waals surface area contributed by atoms with Crippen molar-refractivity contribution in [2.75, 3.05) is 12.4 Å². The van der Waals surface area contributed by atoms with E-state index in [1.807, 2.05) is 6.07 Å². The number of thioether (sulfide) groups is 1. The molecule has 2 N–H and O–H groups in total. The lowest BCUT2D eigenvalue weighted by atomic mass is 10.4. The highest BCUT2D eigenvalue weighted by Gasteiger charge is 2.01. The van der Waals surface area contributed by atoms with E-state index in [1.165, 1.54) is 0 Å². The Morgan fingerprint density at radius 1 is 1.36 bits per heavy atom. The molecule has 0 unspecified atom stereocenters. The zero-order chi connectivity index (χ0) is 10.4. The highest BCUT2D eigenvalue weighted by atomic mass is 35.5. The summed E-state index contributed by atoms with van der Waals surface area (Å²) < 4.78 is 0. The van der Waals surface area contributed by atoms with Crippen LogP contribution in [0.5, 0.6) is 0 Å². The Bertz CT molecular complexity index is 296. The van der Waals surface area contributed by atoms with Crippen molar-refractivity contribution in [3.05, 3.63) is 28.2 Å². The maximum Gasteiger partial charge on any atom is 0.0687 e. The van der Waals surface area contributed by atoms with Crippen molar-refractivity contribution in [2.24, 2.45) is 5.90 Å². The number of rotatable bonds is 5. The Morgan fingerprint density at radius 2 is 2.14 bits per heavy atom. The van der Waals surface area contributed by atoms with Crippen LogP contribution in [0.15, 0.2) is 23.1 Å². The number of hydrogen-bond donors (Lipinski definition) is 1. The lowest BCUT2D eigenvalue weighted by Crippen LogP contribution is -2.01. The summed E-state index contributed by atoms with van der Waals surface area (Å²) >= 11 is 13.5. The summed E-state index contributed by atoms with van der Waals surface area (Å²) in [5.41, 5.74) is 0. The fourth-order valence-corrected chi connectivity index (χ4v) is 2.33. The fourth-order valence-electron chi connectivity index (χ4n) is 0.912. The monoisotopic (exact) mass is 251 g/mol. The van der Waals surface area contributed by atoms with E-state index in [1.54, 1.807) is 23.9 Å². The largest absolute Gasteiger partial charge is 0.305 e. The molecule has 0 aliphatic carbocycles. The molecule has 0 aliphatic rings. The molecule has 0 atom stereocenters. The minimum Gasteiger partial charge on any atom is -0.305 e. The summed E-state index contributed by atoms with van der Waals surface area (Å²) in [4.78, 5) is 5.46. The zero-order valence-corrected chi connectivity index (χ0v) is 9.83. The molecule has 0 fully saturated rings. The van der Waals surface area contributed by atoms with Crippen LogP contribution in [0.4, 0.5) is 0 Å². The average molecular weight is 252 g/mol. The van der Waals surface area contributed by atoms with Crippen LogP contribution in [-0.2, 0) is 4.84 Å². The van der Waals surface area contributed by atoms with Crippen molar-refractivity contribution in [1.29, 1.82) is 0 Å². The van der Waals surface area contributed by atoms with Crippen LogP contribution < -0.4 is 5.90 Å². The molecule has 2 nitrogen and oxygen atoms in total. The summed E-state index contributed by atoms with van der Waals surface area (Å²) in [5.74, 6) is 5.82. The van der Waals surface area contributed by atoms with Gasteiger partial charge in [-0.15, -0.1) is 11.8 Å². The lowest BCUT2D eigenvalue weighted by molar-refractivity contribution is 0.139. The van der Waals surface area contributed by atoms with Gasteiger partial charge in [-0.25, -0.2) is 5.90 Å². The van der Waals surface area contributed by atoms with Gasteiger partial charge in [0, 0.05) is 15.7 Å². The quantitative estimate of drug-likeness (QED) is 0.495. The van der Waals surface area contributed by atoms with Gasteiger partial charge in [0.2, 0.25) is 0 Å². The summed E-state index contributed by atoms with van der Waals surface area (Å²) in [6.07, 6.45) is 0.893. The third-order valence-corrected chi connectivity index (χ3v) is 3.38. The van der Waals surface area contributed by atoms with Crippen LogP contribution in [-0.4, -0.2) is 12.4 Å². The number of hydrogen-bond acceptors (Lipinski definition) is 3. The van der Waals surface area contributed by atoms with Gasteiger partial charge in [-0.1, -0.05) is 23.2 Å². The van der Waals surface area contributed by atoms with E-state index in [0.29, 0.717) is 11.6 Å². The number of benzene rings is 1. The molecule has 1 aromatic rings. The van der Waals surface area contributed by atoms with E-state index in [9.17, 15) is 0 Å². The standard InChI is InChI=1S/C9H11Cl2NOS/c10-7-2-3-8(11)9(6-7)14-5-1-4-13-12/h2-3,6H,1,4-5,12H2. The molecule has 0 saturated carbocycles. The van der Waals surface area contributed by atoms with Crippen LogP contribution >= 0.6 is 35.0 Å². The topological polar surface area (TPSA) is 35.2 Å². The molecule has 0 spiro atoms. The fraction of sp³-hybridized carbons (Fsp3) is 0.333. The van der Waals surface area contributed by atoms with Crippen LogP contribution in [0.3, 0.4) is 0 Å². The molecule has 0 aliphatic heterocycles. The van der Waals surface area contributed by atoms with Crippen molar-refractivity contribution in [1.82, 2.24) is 0 Å². The Morgan fingerprint density at radius 3 is 2.86 bits per heavy atom. The molecule has 0 bridgehead atoms. The Balaban J connectivity index is 2.45. The molecular weight excluding hydrogens is 241 g/mol. The Kier molecular flexibility index (Phi) is 5.67. The molecule has 0 aromatic heterocycles. The molecule has 1 rings (SSSR count). The first-order valence-electron chi connectivity index (χ1n) is 4.13. The third kappa shape index (κ3) is 4.07. The molecule has 0 heterocycles. The summed E-state index contributed by atoms with van der Waals surface area (Å²) in [6, 6.07) is 5.43. The second kappa shape index (κ2) is 6.53. The van der Waals surface area contributed by atoms with Gasteiger partial charge in [0.25, 0.3) is 0 Å².